The molecule has 1 aromatic heterocycles. The third-order valence-electron chi connectivity index (χ3n) is 3.73. The number of rotatable bonds is 7. The van der Waals surface area contributed by atoms with Crippen molar-refractivity contribution in [2.75, 3.05) is 25.4 Å². The van der Waals surface area contributed by atoms with E-state index in [1.165, 1.54) is 17.5 Å². The highest BCUT2D eigenvalue weighted by Gasteiger charge is 2.28. The number of hydrogen-bond donors (Lipinski definition) is 2. The summed E-state index contributed by atoms with van der Waals surface area (Å²) in [6.07, 6.45) is 2.44. The minimum absolute atomic E-state index is 0.0482. The molecule has 8 heteroatoms. The van der Waals surface area contributed by atoms with Crippen LogP contribution in [-0.4, -0.2) is 48.8 Å². The lowest BCUT2D eigenvalue weighted by Gasteiger charge is -2.19. The molecule has 1 aliphatic carbocycles. The summed E-state index contributed by atoms with van der Waals surface area (Å²) in [5, 5.41) is 3.94. The molecule has 0 bridgehead atoms. The van der Waals surface area contributed by atoms with Crippen LogP contribution in [0.5, 0.6) is 0 Å². The van der Waals surface area contributed by atoms with Crippen molar-refractivity contribution in [3.8, 4) is 0 Å². The van der Waals surface area contributed by atoms with E-state index in [2.05, 4.69) is 21.6 Å². The number of sulfonamides is 1. The zero-order chi connectivity index (χ0) is 14.9. The second-order valence-electron chi connectivity index (χ2n) is 5.18. The first-order valence-electron chi connectivity index (χ1n) is 6.89. The Bertz CT molecular complexity index is 577. The highest BCUT2D eigenvalue weighted by molar-refractivity contribution is 7.89. The Labute approximate surface area is 120 Å². The van der Waals surface area contributed by atoms with Crippen LogP contribution in [0.3, 0.4) is 0 Å². The van der Waals surface area contributed by atoms with Crippen LogP contribution in [-0.2, 0) is 17.1 Å². The predicted molar refractivity (Wildman–Crippen MR) is 77.8 cm³/mol. The van der Waals surface area contributed by atoms with Gasteiger partial charge in [0.25, 0.3) is 0 Å². The molecule has 0 atom stereocenters. The van der Waals surface area contributed by atoms with E-state index in [-0.39, 0.29) is 10.7 Å². The lowest BCUT2D eigenvalue weighted by atomic mass is 10.4. The highest BCUT2D eigenvalue weighted by Crippen LogP contribution is 2.26. The van der Waals surface area contributed by atoms with Crippen molar-refractivity contribution < 1.29 is 8.42 Å². The fourth-order valence-electron chi connectivity index (χ4n) is 2.38. The van der Waals surface area contributed by atoms with E-state index in [1.807, 2.05) is 0 Å². The molecule has 1 heterocycles. The van der Waals surface area contributed by atoms with E-state index in [1.54, 1.807) is 14.0 Å². The van der Waals surface area contributed by atoms with Crippen LogP contribution in [0.15, 0.2) is 4.90 Å². The third-order valence-corrected chi connectivity index (χ3v) is 5.36. The quantitative estimate of drug-likeness (QED) is 0.743. The standard InChI is InChI=1S/C12H23N5O2S/c1-4-17(10-5-6-10)8-7-14-20(18,19)11-9(2)16(3)15-12(11)13/h10,14H,4-8H2,1-3H3,(H2,13,15). The highest BCUT2D eigenvalue weighted by atomic mass is 32.2. The summed E-state index contributed by atoms with van der Waals surface area (Å²) in [6, 6.07) is 0.634. The zero-order valence-corrected chi connectivity index (χ0v) is 13.1. The van der Waals surface area contributed by atoms with Crippen LogP contribution in [0, 0.1) is 6.92 Å². The molecule has 0 aromatic carbocycles. The molecule has 0 aliphatic heterocycles. The molecule has 1 saturated carbocycles. The Balaban J connectivity index is 2.00. The topological polar surface area (TPSA) is 93.2 Å². The van der Waals surface area contributed by atoms with Crippen molar-refractivity contribution in [2.45, 2.75) is 37.6 Å². The van der Waals surface area contributed by atoms with Gasteiger partial charge in [0.05, 0.1) is 5.69 Å². The minimum atomic E-state index is -3.59. The van der Waals surface area contributed by atoms with Crippen LogP contribution >= 0.6 is 0 Å². The summed E-state index contributed by atoms with van der Waals surface area (Å²) in [6.45, 7) is 5.84. The monoisotopic (exact) mass is 301 g/mol. The molecule has 0 spiro atoms. The maximum atomic E-state index is 12.3. The van der Waals surface area contributed by atoms with Gasteiger partial charge in [-0.25, -0.2) is 13.1 Å². The molecule has 1 aliphatic rings. The second-order valence-corrected chi connectivity index (χ2v) is 6.88. The Morgan fingerprint density at radius 1 is 1.50 bits per heavy atom. The number of nitrogen functional groups attached to an aromatic ring is 1. The van der Waals surface area contributed by atoms with E-state index in [4.69, 9.17) is 5.73 Å². The molecular weight excluding hydrogens is 278 g/mol. The average Bonchev–Trinajstić information content (AvgIpc) is 3.14. The van der Waals surface area contributed by atoms with Gasteiger partial charge in [0.2, 0.25) is 10.0 Å². The van der Waals surface area contributed by atoms with E-state index in [0.717, 1.165) is 13.1 Å². The van der Waals surface area contributed by atoms with Crippen LogP contribution in [0.25, 0.3) is 0 Å². The van der Waals surface area contributed by atoms with Crippen molar-refractivity contribution in [3.05, 3.63) is 5.69 Å². The molecule has 1 fully saturated rings. The number of hydrogen-bond acceptors (Lipinski definition) is 5. The van der Waals surface area contributed by atoms with Crippen LogP contribution in [0.4, 0.5) is 5.82 Å². The molecule has 114 valence electrons. The molecule has 0 saturated heterocycles. The smallest absolute Gasteiger partial charge is 0.246 e. The first kappa shape index (κ1) is 15.3. The number of aryl methyl sites for hydroxylation is 1. The van der Waals surface area contributed by atoms with Gasteiger partial charge in [-0.1, -0.05) is 6.92 Å². The number of anilines is 1. The fourth-order valence-corrected chi connectivity index (χ4v) is 3.72. The minimum Gasteiger partial charge on any atom is -0.381 e. The Morgan fingerprint density at radius 2 is 2.15 bits per heavy atom. The summed E-state index contributed by atoms with van der Waals surface area (Å²) < 4.78 is 28.7. The van der Waals surface area contributed by atoms with Gasteiger partial charge in [-0.2, -0.15) is 5.10 Å². The summed E-state index contributed by atoms with van der Waals surface area (Å²) in [5.74, 6) is 0.0482. The van der Waals surface area contributed by atoms with Gasteiger partial charge >= 0.3 is 0 Å². The molecular formula is C12H23N5O2S. The number of aromatic nitrogens is 2. The number of nitrogens with zero attached hydrogens (tertiary/aromatic N) is 3. The molecule has 0 radical (unpaired) electrons. The van der Waals surface area contributed by atoms with Gasteiger partial charge < -0.3 is 5.73 Å². The molecule has 7 nitrogen and oxygen atoms in total. The lowest BCUT2D eigenvalue weighted by Crippen LogP contribution is -2.36. The van der Waals surface area contributed by atoms with Crippen molar-refractivity contribution in [3.63, 3.8) is 0 Å². The molecule has 0 unspecified atom stereocenters. The van der Waals surface area contributed by atoms with Gasteiger partial charge in [-0.3, -0.25) is 9.58 Å². The van der Waals surface area contributed by atoms with E-state index in [0.29, 0.717) is 18.3 Å². The zero-order valence-electron chi connectivity index (χ0n) is 12.3. The van der Waals surface area contributed by atoms with Crippen LogP contribution < -0.4 is 10.5 Å². The fraction of sp³-hybridized carbons (Fsp3) is 0.750. The van der Waals surface area contributed by atoms with Crippen molar-refractivity contribution in [2.24, 2.45) is 7.05 Å². The first-order chi connectivity index (χ1) is 9.36. The Morgan fingerprint density at radius 3 is 2.60 bits per heavy atom. The SMILES string of the molecule is CCN(CCNS(=O)(=O)c1c(N)nn(C)c1C)C1CC1. The molecule has 0 amide bonds. The second kappa shape index (κ2) is 5.71. The largest absolute Gasteiger partial charge is 0.381 e. The lowest BCUT2D eigenvalue weighted by molar-refractivity contribution is 0.282. The molecule has 3 N–H and O–H groups in total. The van der Waals surface area contributed by atoms with Gasteiger partial charge in [0, 0.05) is 26.2 Å². The first-order valence-corrected chi connectivity index (χ1v) is 8.38. The molecule has 1 aromatic rings. The van der Waals surface area contributed by atoms with E-state index >= 15 is 0 Å². The number of likely N-dealkylation sites (N-methyl/N-ethyl adjacent to an activating group) is 1. The van der Waals surface area contributed by atoms with E-state index < -0.39 is 10.0 Å². The Hall–Kier alpha value is -1.12. The maximum absolute atomic E-state index is 12.3. The van der Waals surface area contributed by atoms with Gasteiger partial charge in [0.15, 0.2) is 5.82 Å². The van der Waals surface area contributed by atoms with Crippen molar-refractivity contribution in [1.82, 2.24) is 19.4 Å². The summed E-state index contributed by atoms with van der Waals surface area (Å²) in [7, 11) is -1.92. The predicted octanol–water partition coefficient (Wildman–Crippen LogP) is 0.0733. The summed E-state index contributed by atoms with van der Waals surface area (Å²) in [5.41, 5.74) is 6.23. The number of nitrogens with two attached hydrogens (primary N) is 1. The maximum Gasteiger partial charge on any atom is 0.246 e. The number of nitrogens with one attached hydrogen (secondary N) is 1. The summed E-state index contributed by atoms with van der Waals surface area (Å²) in [4.78, 5) is 2.39. The Kier molecular flexibility index (Phi) is 4.36. The van der Waals surface area contributed by atoms with Crippen molar-refractivity contribution in [1.29, 1.82) is 0 Å². The normalized spacial score (nSPS) is 16.0. The third kappa shape index (κ3) is 3.13. The average molecular weight is 301 g/mol. The van der Waals surface area contributed by atoms with Gasteiger partial charge in [-0.05, 0) is 26.3 Å². The molecule has 2 rings (SSSR count). The van der Waals surface area contributed by atoms with Gasteiger partial charge in [0.1, 0.15) is 4.90 Å². The van der Waals surface area contributed by atoms with E-state index in [9.17, 15) is 8.42 Å². The van der Waals surface area contributed by atoms with Gasteiger partial charge in [-0.15, -0.1) is 0 Å². The molecule has 20 heavy (non-hydrogen) atoms. The van der Waals surface area contributed by atoms with Crippen molar-refractivity contribution >= 4 is 15.8 Å². The summed E-state index contributed by atoms with van der Waals surface area (Å²) >= 11 is 0. The van der Waals surface area contributed by atoms with Crippen LogP contribution in [0.2, 0.25) is 0 Å². The van der Waals surface area contributed by atoms with Crippen LogP contribution in [0.1, 0.15) is 25.5 Å².